The van der Waals surface area contributed by atoms with Crippen LogP contribution in [0, 0.1) is 35.0 Å². The van der Waals surface area contributed by atoms with Crippen molar-refractivity contribution in [3.05, 3.63) is 0 Å². The molecule has 5 aliphatic rings. The number of hydrogen-bond acceptors (Lipinski definition) is 2. The van der Waals surface area contributed by atoms with Gasteiger partial charge in [0.2, 0.25) is 0 Å². The third-order valence-electron chi connectivity index (χ3n) is 8.23. The van der Waals surface area contributed by atoms with E-state index >= 15 is 0 Å². The van der Waals surface area contributed by atoms with E-state index in [-0.39, 0.29) is 0 Å². The molecule has 0 N–H and O–H groups in total. The first-order valence-corrected chi connectivity index (χ1v) is 11.3. The smallest absolute Gasteiger partial charge is 0.0575 e. The highest BCUT2D eigenvalue weighted by atomic mass is 16.5. The molecule has 0 aromatic heterocycles. The quantitative estimate of drug-likeness (QED) is 0.513. The van der Waals surface area contributed by atoms with Crippen LogP contribution in [0.4, 0.5) is 0 Å². The van der Waals surface area contributed by atoms with Gasteiger partial charge in [0.1, 0.15) is 0 Å². The van der Waals surface area contributed by atoms with E-state index in [2.05, 4.69) is 13.8 Å². The molecule has 0 saturated heterocycles. The molecule has 5 aliphatic carbocycles. The molecule has 0 spiro atoms. The minimum absolute atomic E-state index is 0.457. The standard InChI is InChI=1S/C23H40O2/c1-3-25-17(2)22-6-4-18(5-7-22)8-9-24-16-23-13-19-10-20(14-23)12-21(11-19)15-23/h17-22H,3-16H2,1-2H3/t17-,18?,19?,20?,21?,22?,23?/m1/s1. The zero-order valence-electron chi connectivity index (χ0n) is 16.7. The van der Waals surface area contributed by atoms with E-state index in [1.54, 1.807) is 19.3 Å². The average Bonchev–Trinajstić information content (AvgIpc) is 2.58. The molecule has 2 heteroatoms. The summed E-state index contributed by atoms with van der Waals surface area (Å²) in [7, 11) is 0. The summed E-state index contributed by atoms with van der Waals surface area (Å²) < 4.78 is 12.1. The Hall–Kier alpha value is -0.0800. The maximum Gasteiger partial charge on any atom is 0.0575 e. The lowest BCUT2D eigenvalue weighted by Gasteiger charge is -2.56. The summed E-state index contributed by atoms with van der Waals surface area (Å²) in [4.78, 5) is 0. The van der Waals surface area contributed by atoms with E-state index < -0.39 is 0 Å². The number of ether oxygens (including phenoxy) is 2. The normalized spacial score (nSPS) is 44.2. The number of rotatable bonds is 8. The average molecular weight is 349 g/mol. The molecule has 0 aromatic carbocycles. The number of hydrogen-bond donors (Lipinski definition) is 0. The minimum atomic E-state index is 0.457. The van der Waals surface area contributed by atoms with E-state index in [1.165, 1.54) is 51.4 Å². The maximum atomic E-state index is 6.31. The summed E-state index contributed by atoms with van der Waals surface area (Å²) in [5.41, 5.74) is 0.597. The molecule has 0 aromatic rings. The van der Waals surface area contributed by atoms with E-state index in [0.29, 0.717) is 11.5 Å². The van der Waals surface area contributed by atoms with Gasteiger partial charge in [-0.05, 0) is 107 Å². The van der Waals surface area contributed by atoms with Crippen molar-refractivity contribution in [1.29, 1.82) is 0 Å². The van der Waals surface area contributed by atoms with Gasteiger partial charge in [-0.2, -0.15) is 0 Å². The highest BCUT2D eigenvalue weighted by Crippen LogP contribution is 2.60. The van der Waals surface area contributed by atoms with E-state index in [0.717, 1.165) is 49.4 Å². The Morgan fingerprint density at radius 3 is 2.08 bits per heavy atom. The molecule has 5 rings (SSSR count). The highest BCUT2D eigenvalue weighted by Gasteiger charge is 2.50. The Kier molecular flexibility index (Phi) is 5.77. The molecule has 0 unspecified atom stereocenters. The molecule has 0 amide bonds. The van der Waals surface area contributed by atoms with Crippen molar-refractivity contribution in [1.82, 2.24) is 0 Å². The largest absolute Gasteiger partial charge is 0.381 e. The van der Waals surface area contributed by atoms with Crippen molar-refractivity contribution in [3.63, 3.8) is 0 Å². The molecule has 1 atom stereocenters. The fourth-order valence-electron chi connectivity index (χ4n) is 7.35. The van der Waals surface area contributed by atoms with Crippen molar-refractivity contribution >= 4 is 0 Å². The Balaban J connectivity index is 1.14. The maximum absolute atomic E-state index is 6.31. The molecule has 2 nitrogen and oxygen atoms in total. The highest BCUT2D eigenvalue weighted by molar-refractivity contribution is 5.01. The second-order valence-corrected chi connectivity index (χ2v) is 10.2. The predicted octanol–water partition coefficient (Wildman–Crippen LogP) is 5.84. The van der Waals surface area contributed by atoms with Crippen molar-refractivity contribution in [3.8, 4) is 0 Å². The zero-order valence-corrected chi connectivity index (χ0v) is 16.7. The molecule has 4 bridgehead atoms. The van der Waals surface area contributed by atoms with Gasteiger partial charge in [-0.1, -0.05) is 12.8 Å². The van der Waals surface area contributed by atoms with Crippen molar-refractivity contribution in [2.24, 2.45) is 35.0 Å². The van der Waals surface area contributed by atoms with Crippen LogP contribution in [0.5, 0.6) is 0 Å². The summed E-state index contributed by atoms with van der Waals surface area (Å²) in [5.74, 6) is 4.86. The molecule has 25 heavy (non-hydrogen) atoms. The molecule has 5 fully saturated rings. The van der Waals surface area contributed by atoms with Crippen molar-refractivity contribution in [2.45, 2.75) is 90.6 Å². The van der Waals surface area contributed by atoms with Gasteiger partial charge in [-0.3, -0.25) is 0 Å². The first-order chi connectivity index (χ1) is 12.2. The third kappa shape index (κ3) is 4.26. The molecular weight excluding hydrogens is 308 g/mol. The first kappa shape index (κ1) is 18.3. The molecule has 144 valence electrons. The fourth-order valence-corrected chi connectivity index (χ4v) is 7.35. The molecular formula is C23H40O2. The van der Waals surface area contributed by atoms with E-state index in [1.807, 2.05) is 0 Å². The van der Waals surface area contributed by atoms with Gasteiger partial charge < -0.3 is 9.47 Å². The Morgan fingerprint density at radius 2 is 1.52 bits per heavy atom. The van der Waals surface area contributed by atoms with Crippen LogP contribution in [-0.2, 0) is 9.47 Å². The Labute approximate surface area is 155 Å². The minimum Gasteiger partial charge on any atom is -0.381 e. The second kappa shape index (κ2) is 7.89. The lowest BCUT2D eigenvalue weighted by atomic mass is 9.50. The predicted molar refractivity (Wildman–Crippen MR) is 103 cm³/mol. The van der Waals surface area contributed by atoms with Gasteiger partial charge in [0, 0.05) is 13.2 Å². The summed E-state index contributed by atoms with van der Waals surface area (Å²) in [5, 5.41) is 0. The van der Waals surface area contributed by atoms with Crippen LogP contribution in [0.3, 0.4) is 0 Å². The van der Waals surface area contributed by atoms with Crippen LogP contribution in [0.15, 0.2) is 0 Å². The second-order valence-electron chi connectivity index (χ2n) is 10.2. The van der Waals surface area contributed by atoms with E-state index in [4.69, 9.17) is 9.47 Å². The van der Waals surface area contributed by atoms with Gasteiger partial charge in [-0.25, -0.2) is 0 Å². The summed E-state index contributed by atoms with van der Waals surface area (Å²) >= 11 is 0. The third-order valence-corrected chi connectivity index (χ3v) is 8.23. The van der Waals surface area contributed by atoms with Crippen molar-refractivity contribution < 1.29 is 9.47 Å². The topological polar surface area (TPSA) is 18.5 Å². The molecule has 0 aliphatic heterocycles. The SMILES string of the molecule is CCO[C@H](C)C1CCC(CCOCC23CC4CC(CC(C4)C2)C3)CC1. The van der Waals surface area contributed by atoms with Crippen LogP contribution in [0.25, 0.3) is 0 Å². The van der Waals surface area contributed by atoms with Gasteiger partial charge in [0.05, 0.1) is 12.7 Å². The summed E-state index contributed by atoms with van der Waals surface area (Å²) in [6.45, 7) is 7.33. The first-order valence-electron chi connectivity index (χ1n) is 11.3. The zero-order chi connectivity index (χ0) is 17.3. The van der Waals surface area contributed by atoms with Gasteiger partial charge >= 0.3 is 0 Å². The summed E-state index contributed by atoms with van der Waals surface area (Å²) in [6.07, 6.45) is 16.3. The Morgan fingerprint density at radius 1 is 0.920 bits per heavy atom. The van der Waals surface area contributed by atoms with Crippen LogP contribution in [-0.4, -0.2) is 25.9 Å². The monoisotopic (exact) mass is 348 g/mol. The lowest BCUT2D eigenvalue weighted by Crippen LogP contribution is -2.48. The van der Waals surface area contributed by atoms with Gasteiger partial charge in [0.15, 0.2) is 0 Å². The van der Waals surface area contributed by atoms with Crippen molar-refractivity contribution in [2.75, 3.05) is 19.8 Å². The molecule has 5 saturated carbocycles. The van der Waals surface area contributed by atoms with Crippen LogP contribution in [0.2, 0.25) is 0 Å². The molecule has 0 radical (unpaired) electrons. The van der Waals surface area contributed by atoms with Gasteiger partial charge in [0.25, 0.3) is 0 Å². The fraction of sp³-hybridized carbons (Fsp3) is 1.00. The van der Waals surface area contributed by atoms with Crippen LogP contribution >= 0.6 is 0 Å². The van der Waals surface area contributed by atoms with Crippen LogP contribution in [0.1, 0.15) is 84.5 Å². The molecule has 0 heterocycles. The summed E-state index contributed by atoms with van der Waals surface area (Å²) in [6, 6.07) is 0. The van der Waals surface area contributed by atoms with E-state index in [9.17, 15) is 0 Å². The van der Waals surface area contributed by atoms with Gasteiger partial charge in [-0.15, -0.1) is 0 Å². The Bertz CT molecular complexity index is 389. The van der Waals surface area contributed by atoms with Crippen LogP contribution < -0.4 is 0 Å². The lowest BCUT2D eigenvalue weighted by molar-refractivity contribution is -0.0978.